The summed E-state index contributed by atoms with van der Waals surface area (Å²) in [7, 11) is 0. The molecule has 1 atom stereocenters. The summed E-state index contributed by atoms with van der Waals surface area (Å²) in [4.78, 5) is 24.8. The number of para-hydroxylation sites is 1. The maximum Gasteiger partial charge on any atom is 0.410 e. The van der Waals surface area contributed by atoms with Crippen molar-refractivity contribution in [3.05, 3.63) is 40.9 Å². The quantitative estimate of drug-likeness (QED) is 0.765. The van der Waals surface area contributed by atoms with Crippen LogP contribution in [0, 0.1) is 0 Å². The van der Waals surface area contributed by atoms with Crippen LogP contribution in [0.2, 0.25) is 0 Å². The van der Waals surface area contributed by atoms with E-state index in [0.717, 1.165) is 42.6 Å². The number of benzene rings is 1. The van der Waals surface area contributed by atoms with Crippen molar-refractivity contribution in [3.8, 4) is 0 Å². The minimum absolute atomic E-state index is 0.105. The summed E-state index contributed by atoms with van der Waals surface area (Å²) in [5, 5.41) is 1.06. The van der Waals surface area contributed by atoms with Crippen LogP contribution in [0.5, 0.6) is 0 Å². The van der Waals surface area contributed by atoms with Gasteiger partial charge in [0.1, 0.15) is 5.60 Å². The lowest BCUT2D eigenvalue weighted by atomic mass is 10.1. The van der Waals surface area contributed by atoms with E-state index < -0.39 is 5.60 Å². The predicted octanol–water partition coefficient (Wildman–Crippen LogP) is 3.12. The molecule has 4 rings (SSSR count). The molecule has 1 aromatic rings. The minimum atomic E-state index is -0.450. The minimum Gasteiger partial charge on any atom is -0.444 e. The van der Waals surface area contributed by atoms with E-state index in [4.69, 9.17) is 15.5 Å². The van der Waals surface area contributed by atoms with Gasteiger partial charge in [-0.1, -0.05) is 30.0 Å². The number of nitrogens with zero attached hydrogens (tertiary/aromatic N) is 4. The maximum absolute atomic E-state index is 12.2. The van der Waals surface area contributed by atoms with Gasteiger partial charge in [-0.05, 0) is 26.8 Å². The Labute approximate surface area is 176 Å². The number of hydrogen-bond acceptors (Lipinski definition) is 7. The first kappa shape index (κ1) is 20.1. The van der Waals surface area contributed by atoms with Gasteiger partial charge in [-0.2, -0.15) is 0 Å². The van der Waals surface area contributed by atoms with Crippen molar-refractivity contribution in [2.75, 3.05) is 45.0 Å². The second kappa shape index (κ2) is 7.91. The van der Waals surface area contributed by atoms with Crippen molar-refractivity contribution in [2.24, 2.45) is 4.99 Å². The Balaban J connectivity index is 1.27. The lowest BCUT2D eigenvalue weighted by Crippen LogP contribution is -2.50. The second-order valence-corrected chi connectivity index (χ2v) is 9.74. The third kappa shape index (κ3) is 4.70. The molecule has 0 aliphatic carbocycles. The van der Waals surface area contributed by atoms with Crippen LogP contribution in [0.3, 0.4) is 0 Å². The summed E-state index contributed by atoms with van der Waals surface area (Å²) in [6.07, 6.45) is 2.00. The molecule has 0 radical (unpaired) electrons. The van der Waals surface area contributed by atoms with Gasteiger partial charge in [-0.15, -0.1) is 0 Å². The topological polar surface area (TPSA) is 74.4 Å². The molecule has 1 saturated heterocycles. The fourth-order valence-electron chi connectivity index (χ4n) is 3.71. The molecule has 3 aliphatic rings. The maximum atomic E-state index is 12.2. The van der Waals surface area contributed by atoms with Gasteiger partial charge in [0.05, 0.1) is 12.6 Å². The number of hydrogen-bond donors (Lipinski definition) is 1. The average molecular weight is 416 g/mol. The van der Waals surface area contributed by atoms with Crippen molar-refractivity contribution in [2.45, 2.75) is 32.4 Å². The number of aliphatic imine (C=N–C) groups is 1. The highest BCUT2D eigenvalue weighted by molar-refractivity contribution is 8.17. The predicted molar refractivity (Wildman–Crippen MR) is 118 cm³/mol. The van der Waals surface area contributed by atoms with Gasteiger partial charge in [-0.3, -0.25) is 9.89 Å². The van der Waals surface area contributed by atoms with Gasteiger partial charge in [-0.25, -0.2) is 4.79 Å². The number of thioether (sulfide) groups is 1. The Kier molecular flexibility index (Phi) is 5.48. The monoisotopic (exact) mass is 415 g/mol. The lowest BCUT2D eigenvalue weighted by molar-refractivity contribution is 0.0153. The number of nitrogen functional groups attached to an aromatic ring is 1. The molecule has 1 unspecified atom stereocenters. The van der Waals surface area contributed by atoms with Gasteiger partial charge >= 0.3 is 6.09 Å². The van der Waals surface area contributed by atoms with E-state index in [-0.39, 0.29) is 12.1 Å². The van der Waals surface area contributed by atoms with E-state index in [9.17, 15) is 4.79 Å². The third-order valence-corrected chi connectivity index (χ3v) is 6.18. The Bertz CT molecular complexity index is 840. The van der Waals surface area contributed by atoms with Crippen molar-refractivity contribution in [3.63, 3.8) is 0 Å². The van der Waals surface area contributed by atoms with Crippen molar-refractivity contribution >= 4 is 28.7 Å². The molecule has 3 aliphatic heterocycles. The molecule has 29 heavy (non-hydrogen) atoms. The number of nitrogens with two attached hydrogens (primary N) is 1. The molecule has 1 amide bonds. The Morgan fingerprint density at radius 3 is 2.62 bits per heavy atom. The highest BCUT2D eigenvalue weighted by Gasteiger charge is 2.33. The largest absolute Gasteiger partial charge is 0.444 e. The van der Waals surface area contributed by atoms with Crippen molar-refractivity contribution < 1.29 is 9.53 Å². The Morgan fingerprint density at radius 1 is 1.24 bits per heavy atom. The fraction of sp³-hybridized carbons (Fsp3) is 0.524. The molecular weight excluding hydrogens is 386 g/mol. The summed E-state index contributed by atoms with van der Waals surface area (Å²) < 4.78 is 5.47. The normalized spacial score (nSPS) is 22.4. The van der Waals surface area contributed by atoms with Crippen LogP contribution >= 0.6 is 11.8 Å². The van der Waals surface area contributed by atoms with Crippen LogP contribution in [0.4, 0.5) is 10.5 Å². The number of fused-ring (bicyclic) bond motifs is 1. The average Bonchev–Trinajstić information content (AvgIpc) is 3.19. The van der Waals surface area contributed by atoms with Crippen LogP contribution in [0.1, 0.15) is 32.4 Å². The van der Waals surface area contributed by atoms with Crippen LogP contribution < -0.4 is 5.73 Å². The summed E-state index contributed by atoms with van der Waals surface area (Å²) in [5.74, 6) is 0. The Hall–Kier alpha value is -2.19. The number of piperazine rings is 1. The summed E-state index contributed by atoms with van der Waals surface area (Å²) in [6.45, 7) is 10.5. The molecule has 1 fully saturated rings. The Morgan fingerprint density at radius 2 is 1.97 bits per heavy atom. The summed E-state index contributed by atoms with van der Waals surface area (Å²) >= 11 is 1.74. The van der Waals surface area contributed by atoms with E-state index >= 15 is 0 Å². The highest BCUT2D eigenvalue weighted by atomic mass is 32.2. The molecule has 1 aromatic carbocycles. The molecule has 0 bridgehead atoms. The van der Waals surface area contributed by atoms with Crippen LogP contribution in [-0.2, 0) is 4.74 Å². The zero-order valence-electron chi connectivity index (χ0n) is 17.3. The van der Waals surface area contributed by atoms with E-state index in [2.05, 4.69) is 22.1 Å². The molecule has 0 saturated carbocycles. The zero-order valence-corrected chi connectivity index (χ0v) is 18.1. The number of amidine groups is 1. The van der Waals surface area contributed by atoms with Crippen molar-refractivity contribution in [1.29, 1.82) is 0 Å². The highest BCUT2D eigenvalue weighted by Crippen LogP contribution is 2.38. The number of rotatable bonds is 3. The summed E-state index contributed by atoms with van der Waals surface area (Å²) in [5.41, 5.74) is 7.57. The number of amides is 1. The van der Waals surface area contributed by atoms with E-state index in [1.54, 1.807) is 16.7 Å². The van der Waals surface area contributed by atoms with Crippen molar-refractivity contribution in [1.82, 2.24) is 14.7 Å². The summed E-state index contributed by atoms with van der Waals surface area (Å²) in [6, 6.07) is 8.07. The van der Waals surface area contributed by atoms with Gasteiger partial charge in [0, 0.05) is 55.1 Å². The molecule has 156 valence electrons. The second-order valence-electron chi connectivity index (χ2n) is 8.65. The fourth-order valence-corrected chi connectivity index (χ4v) is 4.80. The molecule has 7 nitrogen and oxygen atoms in total. The van der Waals surface area contributed by atoms with Crippen LogP contribution in [0.15, 0.2) is 40.4 Å². The number of carbonyl (C=O) groups is 1. The van der Waals surface area contributed by atoms with Gasteiger partial charge < -0.3 is 20.3 Å². The zero-order chi connectivity index (χ0) is 20.6. The molecule has 3 heterocycles. The van der Waals surface area contributed by atoms with Gasteiger partial charge in [0.15, 0.2) is 5.17 Å². The van der Waals surface area contributed by atoms with E-state index in [0.29, 0.717) is 13.1 Å². The number of ether oxygens (including phenoxy) is 1. The lowest BCUT2D eigenvalue weighted by Gasteiger charge is -2.35. The van der Waals surface area contributed by atoms with Gasteiger partial charge in [0.25, 0.3) is 0 Å². The number of anilines is 1. The standard InChI is InChI=1S/C21H29N5O2S/c1-21(2,3)28-20(27)25-10-8-24(9-11-25)12-15-13-26-14-18(23-19(26)29-15)16-6-4-5-7-17(16)22/h4-7,13,18H,8-12,14,22H2,1-3H3. The van der Waals surface area contributed by atoms with Crippen LogP contribution in [-0.4, -0.2) is 70.8 Å². The smallest absolute Gasteiger partial charge is 0.410 e. The van der Waals surface area contributed by atoms with Crippen LogP contribution in [0.25, 0.3) is 0 Å². The first-order valence-corrected chi connectivity index (χ1v) is 10.9. The molecule has 0 aromatic heterocycles. The first-order valence-electron chi connectivity index (χ1n) is 10.1. The molecule has 0 spiro atoms. The molecule has 2 N–H and O–H groups in total. The van der Waals surface area contributed by atoms with Gasteiger partial charge in [0.2, 0.25) is 0 Å². The first-order chi connectivity index (χ1) is 13.8. The molecule has 8 heteroatoms. The van der Waals surface area contributed by atoms with E-state index in [1.807, 2.05) is 39.0 Å². The third-order valence-electron chi connectivity index (χ3n) is 5.16. The number of carbonyl (C=O) groups excluding carboxylic acids is 1. The van der Waals surface area contributed by atoms with E-state index in [1.165, 1.54) is 4.91 Å². The SMILES string of the molecule is CC(C)(C)OC(=O)N1CCN(CC2=CN3CC(c4ccccc4N)N=C3S2)CC1. The molecular formula is C21H29N5O2S.